The molecule has 1 N–H and O–H groups in total. The van der Waals surface area contributed by atoms with E-state index in [1.54, 1.807) is 4.90 Å². The van der Waals surface area contributed by atoms with Crippen molar-refractivity contribution in [3.63, 3.8) is 0 Å². The molecule has 3 heterocycles. The standard InChI is InChI=1S/C17H21F4N3O2/c18-16(11-23-15(25)12-2-8-26-10-12)3-6-24(7-4-16)14-9-13(1-5-22-14)17(19,20)21/h1,5,9,12H,2-4,6-8,10-11H2,(H,23,25). The largest absolute Gasteiger partial charge is 0.416 e. The van der Waals surface area contributed by atoms with Crippen LogP contribution in [0.4, 0.5) is 23.4 Å². The minimum atomic E-state index is -4.44. The van der Waals surface area contributed by atoms with Crippen LogP contribution in [0.1, 0.15) is 24.8 Å². The number of carbonyl (C=O) groups is 1. The van der Waals surface area contributed by atoms with E-state index in [2.05, 4.69) is 10.3 Å². The Labute approximate surface area is 148 Å². The second kappa shape index (κ2) is 7.38. The minimum absolute atomic E-state index is 0.0911. The summed E-state index contributed by atoms with van der Waals surface area (Å²) in [4.78, 5) is 17.6. The predicted molar refractivity (Wildman–Crippen MR) is 86.5 cm³/mol. The van der Waals surface area contributed by atoms with Crippen LogP contribution in [0.3, 0.4) is 0 Å². The molecular formula is C17H21F4N3O2. The Hall–Kier alpha value is -1.90. The fraction of sp³-hybridized carbons (Fsp3) is 0.647. The van der Waals surface area contributed by atoms with Crippen molar-refractivity contribution >= 4 is 11.7 Å². The molecule has 0 saturated carbocycles. The number of nitrogens with zero attached hydrogens (tertiary/aromatic N) is 2. The molecule has 5 nitrogen and oxygen atoms in total. The molecule has 1 unspecified atom stereocenters. The smallest absolute Gasteiger partial charge is 0.381 e. The third-order valence-corrected chi connectivity index (χ3v) is 4.94. The van der Waals surface area contributed by atoms with Gasteiger partial charge in [0.1, 0.15) is 11.5 Å². The normalized spacial score (nSPS) is 23.1. The van der Waals surface area contributed by atoms with Gasteiger partial charge in [-0.1, -0.05) is 0 Å². The highest BCUT2D eigenvalue weighted by Crippen LogP contribution is 2.33. The zero-order chi connectivity index (χ0) is 18.8. The number of hydrogen-bond donors (Lipinski definition) is 1. The lowest BCUT2D eigenvalue weighted by molar-refractivity contribution is -0.137. The maximum absolute atomic E-state index is 14.9. The van der Waals surface area contributed by atoms with Gasteiger partial charge in [-0.25, -0.2) is 9.37 Å². The number of anilines is 1. The lowest BCUT2D eigenvalue weighted by Gasteiger charge is -2.37. The molecule has 0 radical (unpaired) electrons. The van der Waals surface area contributed by atoms with Gasteiger partial charge in [0, 0.05) is 38.7 Å². The van der Waals surface area contributed by atoms with Gasteiger partial charge in [-0.3, -0.25) is 4.79 Å². The zero-order valence-electron chi connectivity index (χ0n) is 14.2. The Bertz CT molecular complexity index is 639. The van der Waals surface area contributed by atoms with E-state index in [9.17, 15) is 22.4 Å². The number of hydrogen-bond acceptors (Lipinski definition) is 4. The van der Waals surface area contributed by atoms with Gasteiger partial charge in [0.05, 0.1) is 24.6 Å². The molecule has 26 heavy (non-hydrogen) atoms. The number of halogens is 4. The van der Waals surface area contributed by atoms with Gasteiger partial charge in [0.25, 0.3) is 0 Å². The van der Waals surface area contributed by atoms with Gasteiger partial charge < -0.3 is 15.0 Å². The van der Waals surface area contributed by atoms with Crippen molar-refractivity contribution in [3.05, 3.63) is 23.9 Å². The first kappa shape index (κ1) is 18.9. The zero-order valence-corrected chi connectivity index (χ0v) is 14.2. The van der Waals surface area contributed by atoms with Crippen LogP contribution in [-0.4, -0.2) is 49.4 Å². The second-order valence-corrected chi connectivity index (χ2v) is 6.82. The number of rotatable bonds is 4. The van der Waals surface area contributed by atoms with Crippen LogP contribution < -0.4 is 10.2 Å². The number of pyridine rings is 1. The summed E-state index contributed by atoms with van der Waals surface area (Å²) < 4.78 is 58.5. The minimum Gasteiger partial charge on any atom is -0.381 e. The summed E-state index contributed by atoms with van der Waals surface area (Å²) in [6.45, 7) is 1.30. The molecule has 2 saturated heterocycles. The third-order valence-electron chi connectivity index (χ3n) is 4.94. The summed E-state index contributed by atoms with van der Waals surface area (Å²) in [6.07, 6.45) is -2.45. The van der Waals surface area contributed by atoms with E-state index in [-0.39, 0.29) is 50.1 Å². The molecule has 2 aliphatic heterocycles. The van der Waals surface area contributed by atoms with Crippen molar-refractivity contribution in [1.29, 1.82) is 0 Å². The highest BCUT2D eigenvalue weighted by atomic mass is 19.4. The summed E-state index contributed by atoms with van der Waals surface area (Å²) in [5.41, 5.74) is -2.33. The van der Waals surface area contributed by atoms with E-state index in [1.165, 1.54) is 0 Å². The molecule has 1 amide bonds. The summed E-state index contributed by atoms with van der Waals surface area (Å²) in [7, 11) is 0. The van der Waals surface area contributed by atoms with Gasteiger partial charge in [-0.15, -0.1) is 0 Å². The maximum Gasteiger partial charge on any atom is 0.416 e. The van der Waals surface area contributed by atoms with Crippen molar-refractivity contribution in [2.75, 3.05) is 37.7 Å². The third kappa shape index (κ3) is 4.44. The van der Waals surface area contributed by atoms with Crippen LogP contribution in [0, 0.1) is 5.92 Å². The Morgan fingerprint density at radius 3 is 2.73 bits per heavy atom. The van der Waals surface area contributed by atoms with Gasteiger partial charge >= 0.3 is 6.18 Å². The van der Waals surface area contributed by atoms with E-state index >= 15 is 0 Å². The lowest BCUT2D eigenvalue weighted by Crippen LogP contribution is -2.49. The van der Waals surface area contributed by atoms with Crippen molar-refractivity contribution in [1.82, 2.24) is 10.3 Å². The monoisotopic (exact) mass is 375 g/mol. The molecule has 1 aromatic heterocycles. The van der Waals surface area contributed by atoms with Crippen molar-refractivity contribution in [2.45, 2.75) is 31.1 Å². The second-order valence-electron chi connectivity index (χ2n) is 6.82. The number of nitrogens with one attached hydrogen (secondary N) is 1. The van der Waals surface area contributed by atoms with Gasteiger partial charge in [0.2, 0.25) is 5.91 Å². The number of alkyl halides is 4. The van der Waals surface area contributed by atoms with Crippen molar-refractivity contribution in [3.8, 4) is 0 Å². The Balaban J connectivity index is 1.54. The van der Waals surface area contributed by atoms with E-state index in [0.29, 0.717) is 19.6 Å². The van der Waals surface area contributed by atoms with Crippen LogP contribution in [0.5, 0.6) is 0 Å². The number of amides is 1. The maximum atomic E-state index is 14.9. The summed E-state index contributed by atoms with van der Waals surface area (Å²) in [5, 5.41) is 2.64. The van der Waals surface area contributed by atoms with E-state index < -0.39 is 17.4 Å². The summed E-state index contributed by atoms with van der Waals surface area (Å²) in [5.74, 6) is -0.247. The van der Waals surface area contributed by atoms with Crippen LogP contribution in [0.2, 0.25) is 0 Å². The molecule has 2 aliphatic rings. The fourth-order valence-corrected chi connectivity index (χ4v) is 3.21. The number of piperidine rings is 1. The number of carbonyl (C=O) groups excluding carboxylic acids is 1. The SMILES string of the molecule is O=C(NCC1(F)CCN(c2cc(C(F)(F)F)ccn2)CC1)C1CCOC1. The van der Waals surface area contributed by atoms with Crippen molar-refractivity contribution < 1.29 is 27.1 Å². The summed E-state index contributed by atoms with van der Waals surface area (Å²) in [6, 6.07) is 1.89. The lowest BCUT2D eigenvalue weighted by atomic mass is 9.92. The highest BCUT2D eigenvalue weighted by molar-refractivity contribution is 5.79. The molecule has 1 atom stereocenters. The average molecular weight is 375 g/mol. The Morgan fingerprint density at radius 2 is 2.12 bits per heavy atom. The van der Waals surface area contributed by atoms with Crippen LogP contribution in [0.15, 0.2) is 18.3 Å². The van der Waals surface area contributed by atoms with Crippen molar-refractivity contribution in [2.24, 2.45) is 5.92 Å². The van der Waals surface area contributed by atoms with Gasteiger partial charge in [0.15, 0.2) is 0 Å². The number of ether oxygens (including phenoxy) is 1. The molecule has 3 rings (SSSR count). The van der Waals surface area contributed by atoms with Gasteiger partial charge in [-0.2, -0.15) is 13.2 Å². The average Bonchev–Trinajstić information content (AvgIpc) is 3.15. The number of aromatic nitrogens is 1. The Morgan fingerprint density at radius 1 is 1.38 bits per heavy atom. The van der Waals surface area contributed by atoms with Crippen LogP contribution >= 0.6 is 0 Å². The summed E-state index contributed by atoms with van der Waals surface area (Å²) >= 11 is 0. The first-order valence-electron chi connectivity index (χ1n) is 8.59. The van der Waals surface area contributed by atoms with Gasteiger partial charge in [-0.05, 0) is 18.6 Å². The molecule has 0 bridgehead atoms. The van der Waals surface area contributed by atoms with Crippen LogP contribution in [0.25, 0.3) is 0 Å². The molecule has 0 spiro atoms. The molecule has 2 fully saturated rings. The molecule has 144 valence electrons. The Kier molecular flexibility index (Phi) is 5.36. The molecular weight excluding hydrogens is 354 g/mol. The topological polar surface area (TPSA) is 54.5 Å². The molecule has 0 aromatic carbocycles. The van der Waals surface area contributed by atoms with E-state index in [0.717, 1.165) is 18.3 Å². The highest BCUT2D eigenvalue weighted by Gasteiger charge is 2.37. The molecule has 0 aliphatic carbocycles. The van der Waals surface area contributed by atoms with E-state index in [4.69, 9.17) is 4.74 Å². The van der Waals surface area contributed by atoms with E-state index in [1.807, 2.05) is 0 Å². The first-order chi connectivity index (χ1) is 12.3. The quantitative estimate of drug-likeness (QED) is 0.822. The predicted octanol–water partition coefficient (Wildman–Crippen LogP) is 2.56. The first-order valence-corrected chi connectivity index (χ1v) is 8.59. The molecule has 9 heteroatoms. The van der Waals surface area contributed by atoms with Crippen LogP contribution in [-0.2, 0) is 15.7 Å². The fourth-order valence-electron chi connectivity index (χ4n) is 3.21. The molecule has 1 aromatic rings.